The average Bonchev–Trinajstić information content (AvgIpc) is 2.83. The Balaban J connectivity index is 1.66. The van der Waals surface area contributed by atoms with Crippen LogP contribution in [0.4, 0.5) is 5.69 Å². The minimum absolute atomic E-state index is 0.0105. The van der Waals surface area contributed by atoms with Gasteiger partial charge in [0.2, 0.25) is 0 Å². The van der Waals surface area contributed by atoms with Crippen LogP contribution in [0.15, 0.2) is 72.3 Å². The number of ether oxygens (including phenoxy) is 3. The molecule has 0 aliphatic heterocycles. The third-order valence-electron chi connectivity index (χ3n) is 4.69. The van der Waals surface area contributed by atoms with Crippen LogP contribution >= 0.6 is 11.6 Å². The molecule has 0 saturated carbocycles. The molecule has 0 aromatic heterocycles. The van der Waals surface area contributed by atoms with Crippen LogP contribution in [-0.4, -0.2) is 19.1 Å². The fourth-order valence-electron chi connectivity index (χ4n) is 3.05. The van der Waals surface area contributed by atoms with Crippen LogP contribution in [0.5, 0.6) is 17.2 Å². The van der Waals surface area contributed by atoms with E-state index in [0.29, 0.717) is 40.1 Å². The maximum atomic E-state index is 12.6. The fraction of sp³-hybridized carbons (Fsp3) is 0.185. The molecule has 34 heavy (non-hydrogen) atoms. The summed E-state index contributed by atoms with van der Waals surface area (Å²) in [6.07, 6.45) is 1.49. The first-order valence-electron chi connectivity index (χ1n) is 10.6. The molecule has 0 aliphatic rings. The lowest BCUT2D eigenvalue weighted by atomic mass is 10.1. The van der Waals surface area contributed by atoms with Crippen LogP contribution in [0.3, 0.4) is 0 Å². The number of anilines is 1. The minimum Gasteiger partial charge on any atom is -0.493 e. The Morgan fingerprint density at radius 1 is 1.09 bits per heavy atom. The van der Waals surface area contributed by atoms with E-state index in [1.54, 1.807) is 42.5 Å². The summed E-state index contributed by atoms with van der Waals surface area (Å²) in [4.78, 5) is 12.6. The summed E-state index contributed by atoms with van der Waals surface area (Å²) >= 11 is 6.15. The second-order valence-electron chi connectivity index (χ2n) is 7.61. The zero-order valence-electron chi connectivity index (χ0n) is 19.2. The minimum atomic E-state index is -0.520. The summed E-state index contributed by atoms with van der Waals surface area (Å²) in [5, 5.41) is 12.9. The number of nitriles is 1. The predicted octanol–water partition coefficient (Wildman–Crippen LogP) is 6.26. The van der Waals surface area contributed by atoms with Gasteiger partial charge in [-0.3, -0.25) is 4.79 Å². The Bertz CT molecular complexity index is 1210. The van der Waals surface area contributed by atoms with Gasteiger partial charge in [0.05, 0.1) is 13.2 Å². The predicted molar refractivity (Wildman–Crippen MR) is 133 cm³/mol. The van der Waals surface area contributed by atoms with Crippen molar-refractivity contribution in [1.82, 2.24) is 0 Å². The highest BCUT2D eigenvalue weighted by molar-refractivity contribution is 6.31. The zero-order valence-corrected chi connectivity index (χ0v) is 19.9. The van der Waals surface area contributed by atoms with Gasteiger partial charge in [0.25, 0.3) is 5.91 Å². The molecule has 7 heteroatoms. The van der Waals surface area contributed by atoms with Gasteiger partial charge in [-0.25, -0.2) is 0 Å². The van der Waals surface area contributed by atoms with Crippen molar-refractivity contribution in [1.29, 1.82) is 5.26 Å². The molecule has 1 amide bonds. The Labute approximate surface area is 204 Å². The van der Waals surface area contributed by atoms with Gasteiger partial charge in [-0.05, 0) is 68.0 Å². The maximum Gasteiger partial charge on any atom is 0.266 e. The normalized spacial score (nSPS) is 11.0. The first kappa shape index (κ1) is 24.7. The molecule has 0 aliphatic carbocycles. The standard InChI is InChI=1S/C27H25ClN2O4/c1-18(2)34-25-13-8-19(15-26(25)32-3)14-21(16-29)27(31)30-22-9-11-23(12-10-22)33-17-20-6-4-5-7-24(20)28/h4-15,18H,17H2,1-3H3,(H,30,31)/b21-14+. The van der Waals surface area contributed by atoms with Crippen molar-refractivity contribution < 1.29 is 19.0 Å². The molecule has 0 heterocycles. The SMILES string of the molecule is COc1cc(/C=C(\C#N)C(=O)Nc2ccc(OCc3ccccc3Cl)cc2)ccc1OC(C)C. The van der Waals surface area contributed by atoms with Gasteiger partial charge < -0.3 is 19.5 Å². The molecule has 3 rings (SSSR count). The first-order valence-corrected chi connectivity index (χ1v) is 11.0. The molecule has 0 unspecified atom stereocenters. The molecule has 0 saturated heterocycles. The maximum absolute atomic E-state index is 12.6. The van der Waals surface area contributed by atoms with Crippen molar-refractivity contribution in [2.24, 2.45) is 0 Å². The molecule has 3 aromatic carbocycles. The third-order valence-corrected chi connectivity index (χ3v) is 5.06. The highest BCUT2D eigenvalue weighted by Gasteiger charge is 2.12. The van der Waals surface area contributed by atoms with E-state index in [2.05, 4.69) is 5.32 Å². The Morgan fingerprint density at radius 2 is 1.82 bits per heavy atom. The van der Waals surface area contributed by atoms with Crippen molar-refractivity contribution >= 4 is 29.3 Å². The Morgan fingerprint density at radius 3 is 2.47 bits per heavy atom. The van der Waals surface area contributed by atoms with E-state index in [9.17, 15) is 10.1 Å². The van der Waals surface area contributed by atoms with Crippen molar-refractivity contribution in [2.75, 3.05) is 12.4 Å². The lowest BCUT2D eigenvalue weighted by Crippen LogP contribution is -2.13. The number of hydrogen-bond donors (Lipinski definition) is 1. The molecular formula is C27H25ClN2O4. The van der Waals surface area contributed by atoms with Gasteiger partial charge in [-0.2, -0.15) is 5.26 Å². The molecule has 0 bridgehead atoms. The van der Waals surface area contributed by atoms with E-state index in [4.69, 9.17) is 25.8 Å². The highest BCUT2D eigenvalue weighted by atomic mass is 35.5. The van der Waals surface area contributed by atoms with Crippen LogP contribution in [0.25, 0.3) is 6.08 Å². The summed E-state index contributed by atoms with van der Waals surface area (Å²) in [6.45, 7) is 4.17. The molecule has 0 fully saturated rings. The highest BCUT2D eigenvalue weighted by Crippen LogP contribution is 2.30. The number of nitrogens with zero attached hydrogens (tertiary/aromatic N) is 1. The number of carbonyl (C=O) groups is 1. The van der Waals surface area contributed by atoms with E-state index in [-0.39, 0.29) is 11.7 Å². The van der Waals surface area contributed by atoms with Gasteiger partial charge in [0.1, 0.15) is 24.0 Å². The van der Waals surface area contributed by atoms with Gasteiger partial charge in [0.15, 0.2) is 11.5 Å². The summed E-state index contributed by atoms with van der Waals surface area (Å²) < 4.78 is 16.8. The topological polar surface area (TPSA) is 80.6 Å². The number of benzene rings is 3. The fourth-order valence-corrected chi connectivity index (χ4v) is 3.24. The van der Waals surface area contributed by atoms with Crippen LogP contribution in [-0.2, 0) is 11.4 Å². The van der Waals surface area contributed by atoms with Gasteiger partial charge in [-0.1, -0.05) is 35.9 Å². The smallest absolute Gasteiger partial charge is 0.266 e. The second kappa shape index (κ2) is 11.8. The van der Waals surface area contributed by atoms with Crippen molar-refractivity contribution in [3.63, 3.8) is 0 Å². The molecule has 0 spiro atoms. The van der Waals surface area contributed by atoms with Crippen LogP contribution in [0.1, 0.15) is 25.0 Å². The monoisotopic (exact) mass is 476 g/mol. The lowest BCUT2D eigenvalue weighted by molar-refractivity contribution is -0.112. The van der Waals surface area contributed by atoms with E-state index in [1.165, 1.54) is 13.2 Å². The third kappa shape index (κ3) is 6.77. The largest absolute Gasteiger partial charge is 0.493 e. The summed E-state index contributed by atoms with van der Waals surface area (Å²) in [6, 6.07) is 21.5. The molecule has 0 atom stereocenters. The molecular weight excluding hydrogens is 452 g/mol. The molecule has 1 N–H and O–H groups in total. The number of amides is 1. The first-order chi connectivity index (χ1) is 16.4. The number of rotatable bonds is 9. The number of hydrogen-bond acceptors (Lipinski definition) is 5. The van der Waals surface area contributed by atoms with Crippen molar-refractivity contribution in [3.05, 3.63) is 88.5 Å². The van der Waals surface area contributed by atoms with Crippen LogP contribution in [0, 0.1) is 11.3 Å². The van der Waals surface area contributed by atoms with Gasteiger partial charge in [0, 0.05) is 16.3 Å². The summed E-state index contributed by atoms with van der Waals surface area (Å²) in [7, 11) is 1.54. The van der Waals surface area contributed by atoms with E-state index < -0.39 is 5.91 Å². The number of halogens is 1. The Kier molecular flexibility index (Phi) is 8.55. The van der Waals surface area contributed by atoms with E-state index >= 15 is 0 Å². The lowest BCUT2D eigenvalue weighted by Gasteiger charge is -2.14. The van der Waals surface area contributed by atoms with Crippen LogP contribution < -0.4 is 19.5 Å². The number of methoxy groups -OCH3 is 1. The molecule has 6 nitrogen and oxygen atoms in total. The average molecular weight is 477 g/mol. The summed E-state index contributed by atoms with van der Waals surface area (Å²) in [5.74, 6) is 1.22. The van der Waals surface area contributed by atoms with Crippen molar-refractivity contribution in [3.8, 4) is 23.3 Å². The van der Waals surface area contributed by atoms with Gasteiger partial charge in [-0.15, -0.1) is 0 Å². The quantitative estimate of drug-likeness (QED) is 0.291. The Hall–Kier alpha value is -3.95. The van der Waals surface area contributed by atoms with Crippen molar-refractivity contribution in [2.45, 2.75) is 26.6 Å². The van der Waals surface area contributed by atoms with E-state index in [1.807, 2.05) is 44.2 Å². The number of carbonyl (C=O) groups excluding carboxylic acids is 1. The van der Waals surface area contributed by atoms with E-state index in [0.717, 1.165) is 5.56 Å². The van der Waals surface area contributed by atoms with Crippen LogP contribution in [0.2, 0.25) is 5.02 Å². The molecule has 174 valence electrons. The molecule has 0 radical (unpaired) electrons. The zero-order chi connectivity index (χ0) is 24.5. The molecule has 3 aromatic rings. The van der Waals surface area contributed by atoms with Gasteiger partial charge >= 0.3 is 0 Å². The summed E-state index contributed by atoms with van der Waals surface area (Å²) in [5.41, 5.74) is 2.02. The second-order valence-corrected chi connectivity index (χ2v) is 8.01. The number of nitrogens with one attached hydrogen (secondary N) is 1.